The van der Waals surface area contributed by atoms with Gasteiger partial charge in [-0.3, -0.25) is 4.57 Å². The van der Waals surface area contributed by atoms with Gasteiger partial charge in [-0.1, -0.05) is 39.0 Å². The molecule has 176 valence electrons. The van der Waals surface area contributed by atoms with Crippen molar-refractivity contribution in [3.63, 3.8) is 0 Å². The van der Waals surface area contributed by atoms with Crippen LogP contribution in [0, 0.1) is 5.82 Å². The number of nitrogens with zero attached hydrogens (tertiary/aromatic N) is 2. The van der Waals surface area contributed by atoms with E-state index in [1.165, 1.54) is 19.1 Å². The minimum absolute atomic E-state index is 0.00993. The zero-order valence-electron chi connectivity index (χ0n) is 18.7. The highest BCUT2D eigenvalue weighted by molar-refractivity contribution is 7.58. The lowest BCUT2D eigenvalue weighted by molar-refractivity contribution is -0.146. The molecule has 0 saturated heterocycles. The van der Waals surface area contributed by atoms with Crippen LogP contribution in [0.4, 0.5) is 4.39 Å². The summed E-state index contributed by atoms with van der Waals surface area (Å²) in [6, 6.07) is 15.4. The summed E-state index contributed by atoms with van der Waals surface area (Å²) < 4.78 is 28.3. The topological polar surface area (TPSA) is 113 Å². The number of carboxylic acids is 1. The van der Waals surface area contributed by atoms with E-state index >= 15 is 0 Å². The second kappa shape index (κ2) is 10.00. The molecule has 3 atom stereocenters. The molecule has 3 rings (SSSR count). The first-order valence-electron chi connectivity index (χ1n) is 10.7. The molecule has 33 heavy (non-hydrogen) atoms. The summed E-state index contributed by atoms with van der Waals surface area (Å²) in [5.41, 5.74) is 2.29. The highest BCUT2D eigenvalue weighted by Gasteiger charge is 2.37. The number of rotatable bonds is 9. The molecule has 1 aromatic heterocycles. The summed E-state index contributed by atoms with van der Waals surface area (Å²) in [6.45, 7) is 5.19. The van der Waals surface area contributed by atoms with Crippen LogP contribution in [0.25, 0.3) is 16.9 Å². The first-order valence-corrected chi connectivity index (χ1v) is 12.6. The fourth-order valence-electron chi connectivity index (χ4n) is 3.74. The third-order valence-electron chi connectivity index (χ3n) is 5.71. The third-order valence-corrected chi connectivity index (χ3v) is 8.13. The number of aliphatic hydroxyl groups excluding tert-OH is 1. The largest absolute Gasteiger partial charge is 0.479 e. The van der Waals surface area contributed by atoms with E-state index in [1.807, 2.05) is 44.2 Å². The maximum atomic E-state index is 13.6. The van der Waals surface area contributed by atoms with Crippen LogP contribution in [0.1, 0.15) is 37.9 Å². The van der Waals surface area contributed by atoms with Crippen molar-refractivity contribution in [2.24, 2.45) is 0 Å². The van der Waals surface area contributed by atoms with Crippen molar-refractivity contribution in [2.45, 2.75) is 44.9 Å². The van der Waals surface area contributed by atoms with E-state index in [9.17, 15) is 23.7 Å². The van der Waals surface area contributed by atoms with Crippen LogP contribution in [-0.4, -0.2) is 48.8 Å². The van der Waals surface area contributed by atoms with Crippen LogP contribution < -0.4 is 0 Å². The first-order chi connectivity index (χ1) is 15.5. The van der Waals surface area contributed by atoms with Gasteiger partial charge < -0.3 is 15.1 Å². The average Bonchev–Trinajstić information content (AvgIpc) is 3.17. The molecule has 9 heteroatoms. The molecular formula is C24H28FN2O5P. The van der Waals surface area contributed by atoms with Crippen molar-refractivity contribution in [3.05, 3.63) is 71.7 Å². The quantitative estimate of drug-likeness (QED) is 0.395. The first kappa shape index (κ1) is 24.8. The molecule has 7 nitrogen and oxygen atoms in total. The Morgan fingerprint density at radius 2 is 1.70 bits per heavy atom. The Balaban J connectivity index is 2.11. The molecule has 0 fully saturated rings. The van der Waals surface area contributed by atoms with Crippen molar-refractivity contribution >= 4 is 13.3 Å². The van der Waals surface area contributed by atoms with Crippen LogP contribution in [0.5, 0.6) is 0 Å². The van der Waals surface area contributed by atoms with Crippen molar-refractivity contribution in [1.29, 1.82) is 0 Å². The van der Waals surface area contributed by atoms with E-state index in [1.54, 1.807) is 16.8 Å². The van der Waals surface area contributed by atoms with E-state index in [2.05, 4.69) is 0 Å². The number of para-hydroxylation sites is 1. The van der Waals surface area contributed by atoms with E-state index in [0.29, 0.717) is 11.3 Å². The number of carbonyl (C=O) groups is 1. The second-order valence-electron chi connectivity index (χ2n) is 8.37. The van der Waals surface area contributed by atoms with Crippen LogP contribution in [-0.2, 0) is 15.8 Å². The monoisotopic (exact) mass is 474 g/mol. The summed E-state index contributed by atoms with van der Waals surface area (Å²) in [6.07, 6.45) is -2.03. The number of aliphatic hydroxyl groups is 1. The average molecular weight is 474 g/mol. The molecule has 0 saturated carbocycles. The minimum atomic E-state index is -4.02. The fourth-order valence-corrected chi connectivity index (χ4v) is 5.26. The van der Waals surface area contributed by atoms with Gasteiger partial charge in [0.2, 0.25) is 7.37 Å². The summed E-state index contributed by atoms with van der Waals surface area (Å²) in [7, 11) is -4.02. The van der Waals surface area contributed by atoms with Gasteiger partial charge in [-0.25, -0.2) is 13.9 Å². The molecular weight excluding hydrogens is 446 g/mol. The normalized spacial score (nSPS) is 15.2. The van der Waals surface area contributed by atoms with Gasteiger partial charge in [0.15, 0.2) is 6.10 Å². The zero-order valence-corrected chi connectivity index (χ0v) is 19.6. The lowest BCUT2D eigenvalue weighted by Crippen LogP contribution is -2.32. The van der Waals surface area contributed by atoms with Gasteiger partial charge in [-0.2, -0.15) is 5.10 Å². The van der Waals surface area contributed by atoms with Crippen LogP contribution >= 0.6 is 7.37 Å². The molecule has 2 aromatic carbocycles. The number of aliphatic carboxylic acids is 1. The maximum Gasteiger partial charge on any atom is 0.333 e. The Morgan fingerprint density at radius 1 is 1.09 bits per heavy atom. The molecule has 0 radical (unpaired) electrons. The van der Waals surface area contributed by atoms with E-state index < -0.39 is 25.1 Å². The Bertz CT molecular complexity index is 1160. The van der Waals surface area contributed by atoms with Crippen molar-refractivity contribution in [1.82, 2.24) is 9.78 Å². The van der Waals surface area contributed by atoms with Gasteiger partial charge in [-0.05, 0) is 48.7 Å². The van der Waals surface area contributed by atoms with Crippen LogP contribution in [0.15, 0.2) is 54.6 Å². The van der Waals surface area contributed by atoms with Crippen molar-refractivity contribution in [3.8, 4) is 16.9 Å². The Labute approximate surface area is 192 Å². The van der Waals surface area contributed by atoms with E-state index in [4.69, 9.17) is 10.2 Å². The number of hydrogen-bond donors (Lipinski definition) is 3. The maximum absolute atomic E-state index is 13.6. The van der Waals surface area contributed by atoms with E-state index in [-0.39, 0.29) is 24.3 Å². The highest BCUT2D eigenvalue weighted by Crippen LogP contribution is 2.49. The summed E-state index contributed by atoms with van der Waals surface area (Å²) in [5, 5.41) is 23.6. The van der Waals surface area contributed by atoms with Crippen molar-refractivity contribution in [2.75, 3.05) is 6.16 Å². The Morgan fingerprint density at radius 3 is 2.24 bits per heavy atom. The number of halogens is 1. The molecule has 0 spiro atoms. The predicted octanol–water partition coefficient (Wildman–Crippen LogP) is 4.45. The fraction of sp³-hybridized carbons (Fsp3) is 0.333. The number of benzene rings is 2. The molecule has 0 bridgehead atoms. The second-order valence-corrected chi connectivity index (χ2v) is 11.1. The molecule has 3 unspecified atom stereocenters. The summed E-state index contributed by atoms with van der Waals surface area (Å²) in [4.78, 5) is 21.7. The standard InChI is InChI=1S/C24H28FN2O5P/c1-15(2)21-20(13-14-33(31,32)16(3)23(28)24(29)30)22(17-9-11-18(25)12-10-17)27(26-21)19-7-5-4-6-8-19/h4-12,15-16,23,28H,13-14H2,1-3H3,(H,29,30)(H,31,32). The van der Waals surface area contributed by atoms with Gasteiger partial charge >= 0.3 is 5.97 Å². The molecule has 0 amide bonds. The smallest absolute Gasteiger partial charge is 0.333 e. The zero-order chi connectivity index (χ0) is 24.3. The lowest BCUT2D eigenvalue weighted by atomic mass is 9.98. The Kier molecular flexibility index (Phi) is 7.52. The highest BCUT2D eigenvalue weighted by atomic mass is 31.2. The van der Waals surface area contributed by atoms with E-state index in [0.717, 1.165) is 16.9 Å². The van der Waals surface area contributed by atoms with Gasteiger partial charge in [0.1, 0.15) is 5.82 Å². The summed E-state index contributed by atoms with van der Waals surface area (Å²) >= 11 is 0. The third kappa shape index (κ3) is 5.41. The molecule has 3 N–H and O–H groups in total. The molecule has 0 aliphatic carbocycles. The molecule has 0 aliphatic heterocycles. The van der Waals surface area contributed by atoms with Gasteiger partial charge in [0, 0.05) is 17.3 Å². The van der Waals surface area contributed by atoms with Gasteiger partial charge in [0.25, 0.3) is 0 Å². The predicted molar refractivity (Wildman–Crippen MR) is 125 cm³/mol. The molecule has 3 aromatic rings. The molecule has 0 aliphatic rings. The van der Waals surface area contributed by atoms with Crippen LogP contribution in [0.3, 0.4) is 0 Å². The minimum Gasteiger partial charge on any atom is -0.479 e. The van der Waals surface area contributed by atoms with Crippen molar-refractivity contribution < 1.29 is 28.9 Å². The summed E-state index contributed by atoms with van der Waals surface area (Å²) in [5.74, 6) is -1.93. The number of carboxylic acid groups (broad SMARTS) is 1. The molecule has 1 heterocycles. The number of aromatic nitrogens is 2. The SMILES string of the molecule is CC(C)c1nn(-c2ccccc2)c(-c2ccc(F)cc2)c1CCP(=O)(O)C(C)C(O)C(=O)O. The van der Waals surface area contributed by atoms with Gasteiger partial charge in [0.05, 0.1) is 22.7 Å². The Hall–Kier alpha value is -2.80. The van der Waals surface area contributed by atoms with Crippen LogP contribution in [0.2, 0.25) is 0 Å². The number of hydrogen-bond acceptors (Lipinski definition) is 4. The van der Waals surface area contributed by atoms with Gasteiger partial charge in [-0.15, -0.1) is 0 Å². The lowest BCUT2D eigenvalue weighted by Gasteiger charge is -2.22.